The van der Waals surface area contributed by atoms with Gasteiger partial charge in [0.15, 0.2) is 0 Å². The van der Waals surface area contributed by atoms with Crippen molar-refractivity contribution in [3.63, 3.8) is 0 Å². The third-order valence-corrected chi connectivity index (χ3v) is 3.99. The van der Waals surface area contributed by atoms with Gasteiger partial charge in [0, 0.05) is 27.9 Å². The molecule has 0 fully saturated rings. The molecule has 0 spiro atoms. The molecule has 0 aliphatic carbocycles. The minimum absolute atomic E-state index is 0.140. The highest BCUT2D eigenvalue weighted by molar-refractivity contribution is 7.11. The van der Waals surface area contributed by atoms with Gasteiger partial charge in [0.25, 0.3) is 0 Å². The largest absolute Gasteiger partial charge is 0.497 e. The Balaban J connectivity index is 1.87. The van der Waals surface area contributed by atoms with E-state index in [0.717, 1.165) is 18.0 Å². The molecule has 0 unspecified atom stereocenters. The first-order chi connectivity index (χ1) is 9.96. The second-order valence-electron chi connectivity index (χ2n) is 5.94. The van der Waals surface area contributed by atoms with Crippen molar-refractivity contribution in [2.45, 2.75) is 39.5 Å². The molecular formula is C17H23NO2S. The summed E-state index contributed by atoms with van der Waals surface area (Å²) in [5.41, 5.74) is 0.140. The van der Waals surface area contributed by atoms with Crippen LogP contribution >= 0.6 is 11.3 Å². The maximum absolute atomic E-state index is 5.80. The monoisotopic (exact) mass is 305 g/mol. The van der Waals surface area contributed by atoms with Gasteiger partial charge in [-0.15, -0.1) is 11.3 Å². The van der Waals surface area contributed by atoms with Gasteiger partial charge >= 0.3 is 0 Å². The summed E-state index contributed by atoms with van der Waals surface area (Å²) in [5.74, 6) is 1.64. The SMILES string of the molecule is COc1cccc(OCc2ccc(CNC(C)(C)C)s2)c1. The van der Waals surface area contributed by atoms with Crippen LogP contribution in [0.25, 0.3) is 0 Å². The maximum atomic E-state index is 5.80. The van der Waals surface area contributed by atoms with Gasteiger partial charge in [0.1, 0.15) is 18.1 Å². The fourth-order valence-corrected chi connectivity index (χ4v) is 2.66. The predicted octanol–water partition coefficient (Wildman–Crippen LogP) is 4.22. The Morgan fingerprint density at radius 3 is 2.48 bits per heavy atom. The topological polar surface area (TPSA) is 30.5 Å². The van der Waals surface area contributed by atoms with E-state index in [-0.39, 0.29) is 5.54 Å². The molecule has 0 bridgehead atoms. The quantitative estimate of drug-likeness (QED) is 0.866. The molecule has 1 heterocycles. The molecule has 4 heteroatoms. The van der Waals surface area contributed by atoms with Crippen molar-refractivity contribution in [1.82, 2.24) is 5.32 Å². The second-order valence-corrected chi connectivity index (χ2v) is 7.19. The molecule has 2 aromatic rings. The van der Waals surface area contributed by atoms with Crippen LogP contribution in [-0.2, 0) is 13.2 Å². The number of rotatable bonds is 6. The van der Waals surface area contributed by atoms with Gasteiger partial charge in [-0.25, -0.2) is 0 Å². The lowest BCUT2D eigenvalue weighted by atomic mass is 10.1. The molecule has 0 radical (unpaired) electrons. The van der Waals surface area contributed by atoms with Crippen molar-refractivity contribution < 1.29 is 9.47 Å². The number of benzene rings is 1. The average molecular weight is 305 g/mol. The summed E-state index contributed by atoms with van der Waals surface area (Å²) in [4.78, 5) is 2.55. The molecule has 114 valence electrons. The van der Waals surface area contributed by atoms with Crippen LogP contribution < -0.4 is 14.8 Å². The smallest absolute Gasteiger partial charge is 0.123 e. The van der Waals surface area contributed by atoms with Crippen LogP contribution in [0.3, 0.4) is 0 Å². The summed E-state index contributed by atoms with van der Waals surface area (Å²) >= 11 is 1.78. The van der Waals surface area contributed by atoms with E-state index in [4.69, 9.17) is 9.47 Å². The lowest BCUT2D eigenvalue weighted by Crippen LogP contribution is -2.34. The van der Waals surface area contributed by atoms with Crippen molar-refractivity contribution in [2.24, 2.45) is 0 Å². The lowest BCUT2D eigenvalue weighted by molar-refractivity contribution is 0.307. The van der Waals surface area contributed by atoms with Crippen LogP contribution in [0.4, 0.5) is 0 Å². The molecule has 2 rings (SSSR count). The Morgan fingerprint density at radius 1 is 1.05 bits per heavy atom. The third-order valence-electron chi connectivity index (χ3n) is 2.93. The molecule has 0 atom stereocenters. The Bertz CT molecular complexity index is 572. The van der Waals surface area contributed by atoms with E-state index in [0.29, 0.717) is 6.61 Å². The van der Waals surface area contributed by atoms with Gasteiger partial charge in [0.2, 0.25) is 0 Å². The Morgan fingerprint density at radius 2 is 1.76 bits per heavy atom. The number of hydrogen-bond acceptors (Lipinski definition) is 4. The van der Waals surface area contributed by atoms with Crippen LogP contribution in [0.1, 0.15) is 30.5 Å². The van der Waals surface area contributed by atoms with Crippen molar-refractivity contribution in [2.75, 3.05) is 7.11 Å². The molecule has 0 aliphatic heterocycles. The van der Waals surface area contributed by atoms with E-state index >= 15 is 0 Å². The van der Waals surface area contributed by atoms with Gasteiger partial charge in [-0.2, -0.15) is 0 Å². The normalized spacial score (nSPS) is 11.4. The highest BCUT2D eigenvalue weighted by Crippen LogP contribution is 2.22. The number of nitrogens with one attached hydrogen (secondary N) is 1. The molecule has 1 aromatic carbocycles. The van der Waals surface area contributed by atoms with E-state index < -0.39 is 0 Å². The summed E-state index contributed by atoms with van der Waals surface area (Å²) in [5, 5.41) is 3.49. The Labute approximate surface area is 130 Å². The van der Waals surface area contributed by atoms with E-state index in [9.17, 15) is 0 Å². The number of ether oxygens (including phenoxy) is 2. The minimum atomic E-state index is 0.140. The highest BCUT2D eigenvalue weighted by Gasteiger charge is 2.09. The highest BCUT2D eigenvalue weighted by atomic mass is 32.1. The molecule has 1 aromatic heterocycles. The number of methoxy groups -OCH3 is 1. The van der Waals surface area contributed by atoms with Gasteiger partial charge in [-0.3, -0.25) is 0 Å². The first-order valence-corrected chi connectivity index (χ1v) is 7.87. The fraction of sp³-hybridized carbons (Fsp3) is 0.412. The van der Waals surface area contributed by atoms with Crippen LogP contribution in [0.15, 0.2) is 36.4 Å². The lowest BCUT2D eigenvalue weighted by Gasteiger charge is -2.19. The molecule has 0 saturated heterocycles. The summed E-state index contributed by atoms with van der Waals surface area (Å²) < 4.78 is 11.0. The molecule has 3 nitrogen and oxygen atoms in total. The summed E-state index contributed by atoms with van der Waals surface area (Å²) in [6, 6.07) is 12.0. The first kappa shape index (κ1) is 15.9. The van der Waals surface area contributed by atoms with Crippen molar-refractivity contribution in [3.8, 4) is 11.5 Å². The zero-order valence-electron chi connectivity index (χ0n) is 13.1. The molecule has 0 amide bonds. The maximum Gasteiger partial charge on any atom is 0.123 e. The summed E-state index contributed by atoms with van der Waals surface area (Å²) in [6.45, 7) is 8.01. The number of thiophene rings is 1. The molecule has 1 N–H and O–H groups in total. The van der Waals surface area contributed by atoms with Crippen molar-refractivity contribution >= 4 is 11.3 Å². The predicted molar refractivity (Wildman–Crippen MR) is 88.2 cm³/mol. The van der Waals surface area contributed by atoms with Gasteiger partial charge < -0.3 is 14.8 Å². The van der Waals surface area contributed by atoms with Gasteiger partial charge in [0.05, 0.1) is 7.11 Å². The molecular weight excluding hydrogens is 282 g/mol. The standard InChI is InChI=1S/C17H23NO2S/c1-17(2,3)18-11-15-8-9-16(21-15)12-20-14-7-5-6-13(10-14)19-4/h5-10,18H,11-12H2,1-4H3. The third kappa shape index (κ3) is 5.40. The summed E-state index contributed by atoms with van der Waals surface area (Å²) in [6.07, 6.45) is 0. The fourth-order valence-electron chi connectivity index (χ4n) is 1.79. The second kappa shape index (κ2) is 6.96. The Hall–Kier alpha value is -1.52. The molecule has 0 aliphatic rings. The van der Waals surface area contributed by atoms with Crippen LogP contribution in [0, 0.1) is 0 Å². The Kier molecular flexibility index (Phi) is 5.26. The average Bonchev–Trinajstić information content (AvgIpc) is 2.90. The minimum Gasteiger partial charge on any atom is -0.497 e. The van der Waals surface area contributed by atoms with Crippen LogP contribution in [-0.4, -0.2) is 12.6 Å². The van der Waals surface area contributed by atoms with E-state index in [1.807, 2.05) is 24.3 Å². The van der Waals surface area contributed by atoms with E-state index in [2.05, 4.69) is 38.2 Å². The first-order valence-electron chi connectivity index (χ1n) is 7.06. The van der Waals surface area contributed by atoms with Crippen LogP contribution in [0.5, 0.6) is 11.5 Å². The van der Waals surface area contributed by atoms with E-state index in [1.54, 1.807) is 18.4 Å². The molecule has 0 saturated carbocycles. The number of hydrogen-bond donors (Lipinski definition) is 1. The van der Waals surface area contributed by atoms with Gasteiger partial charge in [-0.1, -0.05) is 6.07 Å². The van der Waals surface area contributed by atoms with Crippen molar-refractivity contribution in [3.05, 3.63) is 46.2 Å². The van der Waals surface area contributed by atoms with E-state index in [1.165, 1.54) is 9.75 Å². The zero-order chi connectivity index (χ0) is 15.3. The van der Waals surface area contributed by atoms with Crippen molar-refractivity contribution in [1.29, 1.82) is 0 Å². The van der Waals surface area contributed by atoms with Crippen LogP contribution in [0.2, 0.25) is 0 Å². The summed E-state index contributed by atoms with van der Waals surface area (Å²) in [7, 11) is 1.66. The molecule has 21 heavy (non-hydrogen) atoms. The zero-order valence-corrected chi connectivity index (χ0v) is 13.9. The van der Waals surface area contributed by atoms with Gasteiger partial charge in [-0.05, 0) is 45.0 Å².